The summed E-state index contributed by atoms with van der Waals surface area (Å²) in [5.41, 5.74) is 2.18. The Balaban J connectivity index is 2.29. The molecule has 1 aromatic carbocycles. The lowest BCUT2D eigenvalue weighted by atomic mass is 9.89. The number of rotatable bonds is 4. The number of nitrogens with one attached hydrogen (secondary N) is 1. The van der Waals surface area contributed by atoms with Crippen LogP contribution in [0.2, 0.25) is 0 Å². The largest absolute Gasteiger partial charge is 0.317 e. The minimum Gasteiger partial charge on any atom is -0.317 e. The van der Waals surface area contributed by atoms with Gasteiger partial charge in [-0.25, -0.2) is 4.39 Å². The van der Waals surface area contributed by atoms with Crippen molar-refractivity contribution in [2.75, 3.05) is 13.1 Å². The van der Waals surface area contributed by atoms with Crippen LogP contribution in [0.25, 0.3) is 0 Å². The van der Waals surface area contributed by atoms with Crippen molar-refractivity contribution < 1.29 is 4.39 Å². The minimum atomic E-state index is -0.0846. The molecule has 0 saturated heterocycles. The second kappa shape index (κ2) is 4.34. The van der Waals surface area contributed by atoms with Crippen LogP contribution in [-0.2, 0) is 5.41 Å². The molecule has 2 rings (SSSR count). The Morgan fingerprint density at radius 2 is 1.94 bits per heavy atom. The van der Waals surface area contributed by atoms with Crippen molar-refractivity contribution >= 4 is 0 Å². The van der Waals surface area contributed by atoms with Crippen LogP contribution in [0.1, 0.15) is 38.8 Å². The zero-order chi connectivity index (χ0) is 13.6. The number of halogens is 1. The minimum absolute atomic E-state index is 0.0846. The van der Waals surface area contributed by atoms with Gasteiger partial charge in [-0.15, -0.1) is 0 Å². The fourth-order valence-electron chi connectivity index (χ4n) is 3.34. The van der Waals surface area contributed by atoms with Crippen molar-refractivity contribution in [1.82, 2.24) is 5.32 Å². The predicted octanol–water partition coefficient (Wildman–Crippen LogP) is 3.66. The maximum atomic E-state index is 13.8. The molecule has 2 heteroatoms. The van der Waals surface area contributed by atoms with Crippen molar-refractivity contribution in [2.45, 2.75) is 40.0 Å². The molecule has 1 saturated carbocycles. The van der Waals surface area contributed by atoms with Crippen molar-refractivity contribution in [3.8, 4) is 0 Å². The molecule has 1 aliphatic rings. The van der Waals surface area contributed by atoms with Gasteiger partial charge in [0, 0.05) is 5.41 Å². The van der Waals surface area contributed by atoms with Gasteiger partial charge in [-0.1, -0.05) is 39.8 Å². The number of hydrogen-bond acceptors (Lipinski definition) is 1. The van der Waals surface area contributed by atoms with Gasteiger partial charge in [0.05, 0.1) is 0 Å². The molecule has 0 radical (unpaired) electrons. The van der Waals surface area contributed by atoms with E-state index in [1.54, 1.807) is 6.07 Å². The van der Waals surface area contributed by atoms with E-state index in [0.717, 1.165) is 24.2 Å². The lowest BCUT2D eigenvalue weighted by molar-refractivity contribution is 0.507. The van der Waals surface area contributed by atoms with E-state index in [1.807, 2.05) is 13.0 Å². The summed E-state index contributed by atoms with van der Waals surface area (Å²) >= 11 is 0. The van der Waals surface area contributed by atoms with Crippen molar-refractivity contribution in [3.63, 3.8) is 0 Å². The number of aryl methyl sites for hydroxylation is 1. The lowest BCUT2D eigenvalue weighted by Gasteiger charge is -2.16. The van der Waals surface area contributed by atoms with Crippen LogP contribution in [0.5, 0.6) is 0 Å². The highest BCUT2D eigenvalue weighted by Gasteiger charge is 2.67. The van der Waals surface area contributed by atoms with Crippen LogP contribution in [0.4, 0.5) is 4.39 Å². The van der Waals surface area contributed by atoms with Crippen molar-refractivity contribution in [3.05, 3.63) is 35.1 Å². The molecule has 1 N–H and O–H groups in total. The molecule has 2 unspecified atom stereocenters. The van der Waals surface area contributed by atoms with Crippen LogP contribution in [0.3, 0.4) is 0 Å². The Hall–Kier alpha value is -0.890. The first-order valence-corrected chi connectivity index (χ1v) is 6.83. The summed E-state index contributed by atoms with van der Waals surface area (Å²) in [6.07, 6.45) is 0. The molecule has 0 heterocycles. The molecule has 1 fully saturated rings. The zero-order valence-corrected chi connectivity index (χ0v) is 12.1. The van der Waals surface area contributed by atoms with Gasteiger partial charge in [0.15, 0.2) is 0 Å². The maximum absolute atomic E-state index is 13.8. The van der Waals surface area contributed by atoms with Gasteiger partial charge in [0.25, 0.3) is 0 Å². The van der Waals surface area contributed by atoms with E-state index in [4.69, 9.17) is 0 Å². The highest BCUT2D eigenvalue weighted by atomic mass is 19.1. The summed E-state index contributed by atoms with van der Waals surface area (Å²) in [4.78, 5) is 0. The molecule has 0 aromatic heterocycles. The SMILES string of the molecule is CCNCC1C(C)(C)C1(C)c1ccc(C)c(F)c1. The molecule has 1 aromatic rings. The Bertz CT molecular complexity index is 452. The van der Waals surface area contributed by atoms with Gasteiger partial charge in [-0.3, -0.25) is 0 Å². The quantitative estimate of drug-likeness (QED) is 0.858. The zero-order valence-electron chi connectivity index (χ0n) is 12.1. The van der Waals surface area contributed by atoms with Gasteiger partial charge in [-0.05, 0) is 48.5 Å². The van der Waals surface area contributed by atoms with Crippen LogP contribution in [0, 0.1) is 24.1 Å². The molecular formula is C16H24FN. The number of hydrogen-bond donors (Lipinski definition) is 1. The van der Waals surface area contributed by atoms with E-state index in [0.29, 0.717) is 5.92 Å². The standard InChI is InChI=1S/C16H24FN/c1-6-18-10-14-15(3,4)16(14,5)12-8-7-11(2)13(17)9-12/h7-9,14,18H,6,10H2,1-5H3. The molecule has 2 atom stereocenters. The molecule has 1 aliphatic carbocycles. The van der Waals surface area contributed by atoms with Crippen LogP contribution < -0.4 is 5.32 Å². The third-order valence-electron chi connectivity index (χ3n) is 5.19. The molecule has 0 spiro atoms. The first-order chi connectivity index (χ1) is 8.35. The molecule has 0 aliphatic heterocycles. The van der Waals surface area contributed by atoms with E-state index >= 15 is 0 Å². The van der Waals surface area contributed by atoms with Gasteiger partial charge in [0.1, 0.15) is 5.82 Å². The second-order valence-electron chi connectivity index (χ2n) is 6.25. The Labute approximate surface area is 110 Å². The Morgan fingerprint density at radius 3 is 2.50 bits per heavy atom. The molecular weight excluding hydrogens is 225 g/mol. The molecule has 0 bridgehead atoms. The average Bonchev–Trinajstić information content (AvgIpc) is 2.75. The molecule has 1 nitrogen and oxygen atoms in total. The average molecular weight is 249 g/mol. The summed E-state index contributed by atoms with van der Waals surface area (Å²) in [6, 6.07) is 5.71. The van der Waals surface area contributed by atoms with Gasteiger partial charge in [0.2, 0.25) is 0 Å². The molecule has 18 heavy (non-hydrogen) atoms. The van der Waals surface area contributed by atoms with Gasteiger partial charge < -0.3 is 5.32 Å². The monoisotopic (exact) mass is 249 g/mol. The van der Waals surface area contributed by atoms with Crippen molar-refractivity contribution in [2.24, 2.45) is 11.3 Å². The Morgan fingerprint density at radius 1 is 1.28 bits per heavy atom. The highest BCUT2D eigenvalue weighted by Crippen LogP contribution is 2.68. The fourth-order valence-corrected chi connectivity index (χ4v) is 3.34. The number of benzene rings is 1. The smallest absolute Gasteiger partial charge is 0.126 e. The predicted molar refractivity (Wildman–Crippen MR) is 74.3 cm³/mol. The first kappa shape index (κ1) is 13.5. The molecule has 100 valence electrons. The van der Waals surface area contributed by atoms with Crippen LogP contribution >= 0.6 is 0 Å². The van der Waals surface area contributed by atoms with E-state index in [-0.39, 0.29) is 16.6 Å². The van der Waals surface area contributed by atoms with Crippen molar-refractivity contribution in [1.29, 1.82) is 0 Å². The van der Waals surface area contributed by atoms with Gasteiger partial charge >= 0.3 is 0 Å². The highest BCUT2D eigenvalue weighted by molar-refractivity contribution is 5.40. The Kier molecular flexibility index (Phi) is 3.26. The van der Waals surface area contributed by atoms with Crippen LogP contribution in [-0.4, -0.2) is 13.1 Å². The summed E-state index contributed by atoms with van der Waals surface area (Å²) in [5.74, 6) is 0.491. The van der Waals surface area contributed by atoms with E-state index in [9.17, 15) is 4.39 Å². The normalized spacial score (nSPS) is 29.3. The summed E-state index contributed by atoms with van der Waals surface area (Å²) < 4.78 is 13.8. The fraction of sp³-hybridized carbons (Fsp3) is 0.625. The van der Waals surface area contributed by atoms with E-state index in [1.165, 1.54) is 0 Å². The van der Waals surface area contributed by atoms with E-state index in [2.05, 4.69) is 39.1 Å². The van der Waals surface area contributed by atoms with Crippen LogP contribution in [0.15, 0.2) is 18.2 Å². The lowest BCUT2D eigenvalue weighted by Crippen LogP contribution is -2.19. The summed E-state index contributed by atoms with van der Waals surface area (Å²) in [6.45, 7) is 12.8. The van der Waals surface area contributed by atoms with E-state index < -0.39 is 0 Å². The molecule has 0 amide bonds. The summed E-state index contributed by atoms with van der Waals surface area (Å²) in [7, 11) is 0. The maximum Gasteiger partial charge on any atom is 0.126 e. The third-order valence-corrected chi connectivity index (χ3v) is 5.19. The third kappa shape index (κ3) is 1.78. The second-order valence-corrected chi connectivity index (χ2v) is 6.25. The topological polar surface area (TPSA) is 12.0 Å². The first-order valence-electron chi connectivity index (χ1n) is 6.83. The van der Waals surface area contributed by atoms with Gasteiger partial charge in [-0.2, -0.15) is 0 Å². The summed E-state index contributed by atoms with van der Waals surface area (Å²) in [5, 5.41) is 3.42.